The fourth-order valence-electron chi connectivity index (χ4n) is 1.76. The lowest BCUT2D eigenvalue weighted by molar-refractivity contribution is 0.460. The number of benzene rings is 1. The summed E-state index contributed by atoms with van der Waals surface area (Å²) in [7, 11) is 0. The largest absolute Gasteiger partial charge is 0.438 e. The molecular weight excluding hydrogens is 238 g/mol. The molecule has 0 bridgehead atoms. The van der Waals surface area contributed by atoms with Crippen LogP contribution in [0.15, 0.2) is 36.4 Å². The minimum atomic E-state index is -0.0471. The number of nitrogens with two attached hydrogens (primary N) is 1. The van der Waals surface area contributed by atoms with Crippen molar-refractivity contribution in [1.82, 2.24) is 4.98 Å². The summed E-state index contributed by atoms with van der Waals surface area (Å²) < 4.78 is 5.76. The number of rotatable bonds is 4. The number of hydrogen-bond acceptors (Lipinski definition) is 3. The molecule has 0 unspecified atom stereocenters. The minimum absolute atomic E-state index is 0.0471. The highest BCUT2D eigenvalue weighted by Gasteiger charge is 2.10. The maximum absolute atomic E-state index is 7.55. The van der Waals surface area contributed by atoms with Crippen molar-refractivity contribution in [1.29, 1.82) is 5.41 Å². The van der Waals surface area contributed by atoms with Gasteiger partial charge in [0.1, 0.15) is 11.6 Å². The average molecular weight is 255 g/mol. The predicted molar refractivity (Wildman–Crippen MR) is 75.9 cm³/mol. The molecule has 2 aromatic rings. The molecule has 0 aliphatic carbocycles. The topological polar surface area (TPSA) is 72.0 Å². The van der Waals surface area contributed by atoms with Gasteiger partial charge in [0.15, 0.2) is 0 Å². The lowest BCUT2D eigenvalue weighted by Gasteiger charge is -2.10. The molecule has 1 heterocycles. The molecule has 1 aromatic heterocycles. The van der Waals surface area contributed by atoms with E-state index in [-0.39, 0.29) is 5.84 Å². The van der Waals surface area contributed by atoms with Crippen LogP contribution < -0.4 is 10.5 Å². The van der Waals surface area contributed by atoms with Gasteiger partial charge in [-0.05, 0) is 43.2 Å². The Morgan fingerprint density at radius 2 is 2.11 bits per heavy atom. The summed E-state index contributed by atoms with van der Waals surface area (Å²) in [4.78, 5) is 4.30. The van der Waals surface area contributed by atoms with Gasteiger partial charge in [-0.15, -0.1) is 0 Å². The van der Waals surface area contributed by atoms with Crippen LogP contribution in [0.25, 0.3) is 0 Å². The van der Waals surface area contributed by atoms with Crippen LogP contribution in [0, 0.1) is 12.3 Å². The van der Waals surface area contributed by atoms with Crippen LogP contribution in [0.2, 0.25) is 0 Å². The number of nitrogen functional groups attached to an aromatic ring is 1. The van der Waals surface area contributed by atoms with Crippen molar-refractivity contribution in [3.05, 3.63) is 53.2 Å². The Labute approximate surface area is 112 Å². The lowest BCUT2D eigenvalue weighted by atomic mass is 10.1. The van der Waals surface area contributed by atoms with Gasteiger partial charge in [0, 0.05) is 5.69 Å². The Morgan fingerprint density at radius 3 is 2.79 bits per heavy atom. The molecular formula is C15H17N3O. The van der Waals surface area contributed by atoms with E-state index in [0.717, 1.165) is 12.1 Å². The van der Waals surface area contributed by atoms with E-state index < -0.39 is 0 Å². The van der Waals surface area contributed by atoms with E-state index in [2.05, 4.69) is 11.9 Å². The third kappa shape index (κ3) is 3.10. The number of aryl methyl sites for hydroxylation is 2. The molecule has 4 nitrogen and oxygen atoms in total. The molecule has 98 valence electrons. The Hall–Kier alpha value is -2.36. The molecule has 0 aliphatic heterocycles. The van der Waals surface area contributed by atoms with Gasteiger partial charge in [0.05, 0.1) is 5.56 Å². The van der Waals surface area contributed by atoms with Crippen LogP contribution in [0.4, 0.5) is 0 Å². The summed E-state index contributed by atoms with van der Waals surface area (Å²) in [6.07, 6.45) is 0.942. The fourth-order valence-corrected chi connectivity index (χ4v) is 1.76. The van der Waals surface area contributed by atoms with Crippen LogP contribution >= 0.6 is 0 Å². The highest BCUT2D eigenvalue weighted by atomic mass is 16.5. The number of nitrogens with one attached hydrogen (secondary N) is 1. The standard InChI is InChI=1S/C15H17N3O/c1-3-11-5-4-6-12(9-11)19-15-13(14(16)17)8-7-10(2)18-15/h4-9H,3H2,1-2H3,(H3,16,17). The maximum Gasteiger partial charge on any atom is 0.230 e. The van der Waals surface area contributed by atoms with Crippen molar-refractivity contribution < 1.29 is 4.74 Å². The SMILES string of the molecule is CCc1cccc(Oc2nc(C)ccc2C(=N)N)c1. The molecule has 0 amide bonds. The van der Waals surface area contributed by atoms with Crippen molar-refractivity contribution in [3.8, 4) is 11.6 Å². The summed E-state index contributed by atoms with van der Waals surface area (Å²) in [5.74, 6) is 1.04. The van der Waals surface area contributed by atoms with Gasteiger partial charge in [0.25, 0.3) is 0 Å². The van der Waals surface area contributed by atoms with Crippen LogP contribution in [-0.2, 0) is 6.42 Å². The van der Waals surface area contributed by atoms with Gasteiger partial charge in [-0.2, -0.15) is 0 Å². The van der Waals surface area contributed by atoms with Crippen LogP contribution in [-0.4, -0.2) is 10.8 Å². The number of nitrogens with zero attached hydrogens (tertiary/aromatic N) is 1. The van der Waals surface area contributed by atoms with E-state index in [9.17, 15) is 0 Å². The Kier molecular flexibility index (Phi) is 3.80. The van der Waals surface area contributed by atoms with E-state index in [0.29, 0.717) is 17.2 Å². The molecule has 0 spiro atoms. The summed E-state index contributed by atoms with van der Waals surface area (Å²) >= 11 is 0. The second-order valence-electron chi connectivity index (χ2n) is 4.32. The number of amidine groups is 1. The van der Waals surface area contributed by atoms with Crippen molar-refractivity contribution in [3.63, 3.8) is 0 Å². The maximum atomic E-state index is 7.55. The van der Waals surface area contributed by atoms with E-state index in [1.165, 1.54) is 5.56 Å². The summed E-state index contributed by atoms with van der Waals surface area (Å²) in [6.45, 7) is 3.96. The van der Waals surface area contributed by atoms with E-state index in [1.807, 2.05) is 37.3 Å². The smallest absolute Gasteiger partial charge is 0.230 e. The second-order valence-corrected chi connectivity index (χ2v) is 4.32. The highest BCUT2D eigenvalue weighted by Crippen LogP contribution is 2.24. The first-order chi connectivity index (χ1) is 9.10. The first-order valence-electron chi connectivity index (χ1n) is 6.19. The van der Waals surface area contributed by atoms with Gasteiger partial charge >= 0.3 is 0 Å². The fraction of sp³-hybridized carbons (Fsp3) is 0.200. The number of hydrogen-bond donors (Lipinski definition) is 2. The van der Waals surface area contributed by atoms with Crippen molar-refractivity contribution in [2.24, 2.45) is 5.73 Å². The zero-order valence-electron chi connectivity index (χ0n) is 11.1. The quantitative estimate of drug-likeness (QED) is 0.651. The molecule has 1 aromatic carbocycles. The molecule has 19 heavy (non-hydrogen) atoms. The molecule has 3 N–H and O–H groups in total. The summed E-state index contributed by atoms with van der Waals surface area (Å²) in [5.41, 5.74) is 8.06. The first-order valence-corrected chi connectivity index (χ1v) is 6.19. The molecule has 2 rings (SSSR count). The lowest BCUT2D eigenvalue weighted by Crippen LogP contribution is -2.13. The predicted octanol–water partition coefficient (Wildman–Crippen LogP) is 3.03. The molecule has 0 saturated carbocycles. The van der Waals surface area contributed by atoms with E-state index in [1.54, 1.807) is 6.07 Å². The number of aromatic nitrogens is 1. The molecule has 0 atom stereocenters. The van der Waals surface area contributed by atoms with Gasteiger partial charge in [0.2, 0.25) is 5.88 Å². The zero-order chi connectivity index (χ0) is 13.8. The zero-order valence-corrected chi connectivity index (χ0v) is 11.1. The van der Waals surface area contributed by atoms with Gasteiger partial charge in [-0.25, -0.2) is 4.98 Å². The Balaban J connectivity index is 2.36. The Bertz CT molecular complexity index is 608. The van der Waals surface area contributed by atoms with E-state index in [4.69, 9.17) is 15.9 Å². The van der Waals surface area contributed by atoms with Crippen LogP contribution in [0.5, 0.6) is 11.6 Å². The van der Waals surface area contributed by atoms with Crippen LogP contribution in [0.1, 0.15) is 23.7 Å². The van der Waals surface area contributed by atoms with Gasteiger partial charge in [-0.1, -0.05) is 19.1 Å². The third-order valence-corrected chi connectivity index (χ3v) is 2.81. The molecule has 0 saturated heterocycles. The average Bonchev–Trinajstić information content (AvgIpc) is 2.38. The second kappa shape index (κ2) is 5.52. The normalized spacial score (nSPS) is 10.2. The molecule has 4 heteroatoms. The van der Waals surface area contributed by atoms with Crippen LogP contribution in [0.3, 0.4) is 0 Å². The minimum Gasteiger partial charge on any atom is -0.438 e. The molecule has 0 fully saturated rings. The van der Waals surface area contributed by atoms with Crippen molar-refractivity contribution >= 4 is 5.84 Å². The monoisotopic (exact) mass is 255 g/mol. The highest BCUT2D eigenvalue weighted by molar-refractivity contribution is 5.97. The van der Waals surface area contributed by atoms with E-state index >= 15 is 0 Å². The van der Waals surface area contributed by atoms with Gasteiger partial charge < -0.3 is 10.5 Å². The Morgan fingerprint density at radius 1 is 1.32 bits per heavy atom. The van der Waals surface area contributed by atoms with Gasteiger partial charge in [-0.3, -0.25) is 5.41 Å². The molecule has 0 radical (unpaired) electrons. The van der Waals surface area contributed by atoms with Crippen molar-refractivity contribution in [2.45, 2.75) is 20.3 Å². The number of ether oxygens (including phenoxy) is 1. The summed E-state index contributed by atoms with van der Waals surface area (Å²) in [6, 6.07) is 11.4. The third-order valence-electron chi connectivity index (χ3n) is 2.81. The molecule has 0 aliphatic rings. The first kappa shape index (κ1) is 13.1. The summed E-state index contributed by atoms with van der Waals surface area (Å²) in [5, 5.41) is 7.55. The van der Waals surface area contributed by atoms with Crippen molar-refractivity contribution in [2.75, 3.05) is 0 Å². The number of pyridine rings is 1.